The number of nitrogens with zero attached hydrogens (tertiary/aromatic N) is 2. The highest BCUT2D eigenvalue weighted by Crippen LogP contribution is 2.14. The van der Waals surface area contributed by atoms with Crippen LogP contribution in [0.1, 0.15) is 44.7 Å². The van der Waals surface area contributed by atoms with Gasteiger partial charge in [-0.05, 0) is 51.3 Å². The summed E-state index contributed by atoms with van der Waals surface area (Å²) in [5, 5.41) is 16.0. The van der Waals surface area contributed by atoms with Crippen LogP contribution in [0.3, 0.4) is 0 Å². The van der Waals surface area contributed by atoms with E-state index in [0.717, 1.165) is 44.0 Å². The van der Waals surface area contributed by atoms with Gasteiger partial charge in [0.25, 0.3) is 0 Å². The van der Waals surface area contributed by atoms with Gasteiger partial charge in [0, 0.05) is 37.3 Å². The van der Waals surface area contributed by atoms with Gasteiger partial charge in [0.15, 0.2) is 5.96 Å². The lowest BCUT2D eigenvalue weighted by Gasteiger charge is -2.35. The smallest absolute Gasteiger partial charge is 0.191 e. The monoisotopic (exact) mass is 478 g/mol. The number of piperidine rings is 1. The third-order valence-electron chi connectivity index (χ3n) is 4.65. The molecule has 1 fully saturated rings. The van der Waals surface area contributed by atoms with Gasteiger partial charge in [-0.25, -0.2) is 9.38 Å². The van der Waals surface area contributed by atoms with Crippen molar-refractivity contribution in [3.63, 3.8) is 0 Å². The maximum atomic E-state index is 13.5. The quantitative estimate of drug-likeness (QED) is 0.335. The lowest BCUT2D eigenvalue weighted by molar-refractivity contribution is 0.167. The molecule has 1 aromatic rings. The standard InChI is InChI=1S/C19H31FN4O.HI/c1-4-21-19(23-17-7-9-24(10-8-17)14(2)3)22-12-15-5-6-18(20)16(11-15)13-25;/h5-6,11,14,17,25H,4,7-10,12-13H2,1-3H3,(H2,21,22,23);1H. The Balaban J connectivity index is 0.00000338. The molecule has 5 nitrogen and oxygen atoms in total. The van der Waals surface area contributed by atoms with E-state index in [1.54, 1.807) is 12.1 Å². The number of aliphatic hydroxyl groups excluding tert-OH is 1. The third kappa shape index (κ3) is 7.00. The molecule has 0 aliphatic carbocycles. The van der Waals surface area contributed by atoms with Crippen molar-refractivity contribution in [3.05, 3.63) is 35.1 Å². The van der Waals surface area contributed by atoms with Crippen LogP contribution in [0.2, 0.25) is 0 Å². The second-order valence-corrected chi connectivity index (χ2v) is 6.83. The zero-order valence-corrected chi connectivity index (χ0v) is 18.3. The molecule has 0 saturated carbocycles. The first-order valence-electron chi connectivity index (χ1n) is 9.20. The number of halogens is 2. The Labute approximate surface area is 173 Å². The van der Waals surface area contributed by atoms with Crippen LogP contribution >= 0.6 is 24.0 Å². The summed E-state index contributed by atoms with van der Waals surface area (Å²) >= 11 is 0. The number of benzene rings is 1. The molecule has 0 atom stereocenters. The number of guanidine groups is 1. The molecule has 1 saturated heterocycles. The molecule has 1 heterocycles. The molecule has 0 radical (unpaired) electrons. The van der Waals surface area contributed by atoms with E-state index in [1.807, 2.05) is 6.92 Å². The topological polar surface area (TPSA) is 59.9 Å². The maximum Gasteiger partial charge on any atom is 0.191 e. The highest BCUT2D eigenvalue weighted by molar-refractivity contribution is 14.0. The van der Waals surface area contributed by atoms with Crippen molar-refractivity contribution in [2.45, 2.75) is 58.8 Å². The van der Waals surface area contributed by atoms with Gasteiger partial charge in [-0.15, -0.1) is 24.0 Å². The average Bonchev–Trinajstić information content (AvgIpc) is 2.61. The van der Waals surface area contributed by atoms with E-state index in [4.69, 9.17) is 0 Å². The second kappa shape index (κ2) is 11.7. The molecule has 7 heteroatoms. The summed E-state index contributed by atoms with van der Waals surface area (Å²) in [5.74, 6) is 0.414. The van der Waals surface area contributed by atoms with Crippen LogP contribution < -0.4 is 10.6 Å². The fourth-order valence-corrected chi connectivity index (χ4v) is 3.09. The summed E-state index contributed by atoms with van der Waals surface area (Å²) < 4.78 is 13.5. The van der Waals surface area contributed by atoms with E-state index in [2.05, 4.69) is 34.4 Å². The van der Waals surface area contributed by atoms with Crippen LogP contribution in [0.4, 0.5) is 4.39 Å². The van der Waals surface area contributed by atoms with Gasteiger partial charge in [-0.1, -0.05) is 6.07 Å². The van der Waals surface area contributed by atoms with Crippen molar-refractivity contribution >= 4 is 29.9 Å². The van der Waals surface area contributed by atoms with E-state index in [-0.39, 0.29) is 36.4 Å². The zero-order chi connectivity index (χ0) is 18.2. The van der Waals surface area contributed by atoms with Crippen molar-refractivity contribution in [1.82, 2.24) is 15.5 Å². The lowest BCUT2D eigenvalue weighted by atomic mass is 10.0. The molecule has 0 aromatic heterocycles. The second-order valence-electron chi connectivity index (χ2n) is 6.83. The molecule has 26 heavy (non-hydrogen) atoms. The predicted molar refractivity (Wildman–Crippen MR) is 115 cm³/mol. The summed E-state index contributed by atoms with van der Waals surface area (Å²) in [4.78, 5) is 7.11. The van der Waals surface area contributed by atoms with Crippen molar-refractivity contribution in [3.8, 4) is 0 Å². The minimum absolute atomic E-state index is 0. The van der Waals surface area contributed by atoms with E-state index < -0.39 is 0 Å². The largest absolute Gasteiger partial charge is 0.392 e. The molecule has 1 aliphatic heterocycles. The number of hydrogen-bond donors (Lipinski definition) is 3. The Morgan fingerprint density at radius 1 is 1.35 bits per heavy atom. The van der Waals surface area contributed by atoms with Crippen LogP contribution in [0, 0.1) is 5.82 Å². The van der Waals surface area contributed by atoms with Gasteiger partial charge < -0.3 is 20.6 Å². The van der Waals surface area contributed by atoms with Crippen LogP contribution in [0.15, 0.2) is 23.2 Å². The molecule has 0 amide bonds. The van der Waals surface area contributed by atoms with Gasteiger partial charge in [0.1, 0.15) is 5.82 Å². The van der Waals surface area contributed by atoms with Crippen molar-refractivity contribution in [2.24, 2.45) is 4.99 Å². The molecule has 0 bridgehead atoms. The van der Waals surface area contributed by atoms with E-state index in [9.17, 15) is 9.50 Å². The molecule has 0 spiro atoms. The molecule has 1 aliphatic rings. The molecule has 2 rings (SSSR count). The molecule has 0 unspecified atom stereocenters. The van der Waals surface area contributed by atoms with Gasteiger partial charge >= 0.3 is 0 Å². The number of likely N-dealkylation sites (tertiary alicyclic amines) is 1. The molecular weight excluding hydrogens is 446 g/mol. The highest BCUT2D eigenvalue weighted by Gasteiger charge is 2.21. The number of rotatable bonds is 6. The van der Waals surface area contributed by atoms with E-state index in [0.29, 0.717) is 24.2 Å². The van der Waals surface area contributed by atoms with Gasteiger partial charge in [-0.2, -0.15) is 0 Å². The van der Waals surface area contributed by atoms with Crippen molar-refractivity contribution < 1.29 is 9.50 Å². The predicted octanol–water partition coefficient (Wildman–Crippen LogP) is 2.86. The summed E-state index contributed by atoms with van der Waals surface area (Å²) in [5.41, 5.74) is 1.20. The number of aliphatic imine (C=N–C) groups is 1. The van der Waals surface area contributed by atoms with Crippen LogP contribution in [0.25, 0.3) is 0 Å². The van der Waals surface area contributed by atoms with Gasteiger partial charge in [0.2, 0.25) is 0 Å². The van der Waals surface area contributed by atoms with Crippen molar-refractivity contribution in [2.75, 3.05) is 19.6 Å². The first-order valence-corrected chi connectivity index (χ1v) is 9.20. The zero-order valence-electron chi connectivity index (χ0n) is 16.0. The number of nitrogens with one attached hydrogen (secondary N) is 2. The van der Waals surface area contributed by atoms with E-state index >= 15 is 0 Å². The Morgan fingerprint density at radius 2 is 2.04 bits per heavy atom. The van der Waals surface area contributed by atoms with E-state index in [1.165, 1.54) is 6.07 Å². The minimum atomic E-state index is -0.378. The van der Waals surface area contributed by atoms with Gasteiger partial charge in [-0.3, -0.25) is 0 Å². The first kappa shape index (κ1) is 23.1. The normalized spacial score (nSPS) is 16.5. The average molecular weight is 478 g/mol. The highest BCUT2D eigenvalue weighted by atomic mass is 127. The lowest BCUT2D eigenvalue weighted by Crippen LogP contribution is -2.49. The summed E-state index contributed by atoms with van der Waals surface area (Å²) in [7, 11) is 0. The SMILES string of the molecule is CCNC(=NCc1ccc(F)c(CO)c1)NC1CCN(C(C)C)CC1.I. The Kier molecular flexibility index (Phi) is 10.4. The Bertz CT molecular complexity index is 575. The first-order chi connectivity index (χ1) is 12.0. The fourth-order valence-electron chi connectivity index (χ4n) is 3.09. The summed E-state index contributed by atoms with van der Waals surface area (Å²) in [6.07, 6.45) is 2.21. The summed E-state index contributed by atoms with van der Waals surface area (Å²) in [6, 6.07) is 5.79. The fraction of sp³-hybridized carbons (Fsp3) is 0.632. The molecule has 148 valence electrons. The molecular formula is C19H32FIN4O. The van der Waals surface area contributed by atoms with Crippen molar-refractivity contribution in [1.29, 1.82) is 0 Å². The van der Waals surface area contributed by atoms with Crippen LogP contribution in [-0.2, 0) is 13.2 Å². The number of hydrogen-bond acceptors (Lipinski definition) is 3. The van der Waals surface area contributed by atoms with Gasteiger partial charge in [0.05, 0.1) is 13.2 Å². The minimum Gasteiger partial charge on any atom is -0.392 e. The number of aliphatic hydroxyl groups is 1. The molecule has 3 N–H and O–H groups in total. The van der Waals surface area contributed by atoms with Crippen LogP contribution in [0.5, 0.6) is 0 Å². The Hall–Kier alpha value is -0.930. The summed E-state index contributed by atoms with van der Waals surface area (Å²) in [6.45, 7) is 9.68. The van der Waals surface area contributed by atoms with Crippen LogP contribution in [-0.4, -0.2) is 47.7 Å². The Morgan fingerprint density at radius 3 is 2.62 bits per heavy atom. The third-order valence-corrected chi connectivity index (χ3v) is 4.65. The molecule has 1 aromatic carbocycles. The maximum absolute atomic E-state index is 13.5.